The normalized spacial score (nSPS) is 33.9. The summed E-state index contributed by atoms with van der Waals surface area (Å²) in [5.41, 5.74) is 0. The number of nitriles is 1. The van der Waals surface area contributed by atoms with E-state index in [-0.39, 0.29) is 0 Å². The fourth-order valence-electron chi connectivity index (χ4n) is 2.66. The van der Waals surface area contributed by atoms with Gasteiger partial charge in [-0.1, -0.05) is 0 Å². The molecule has 0 aromatic heterocycles. The average Bonchev–Trinajstić information content (AvgIpc) is 2.65. The zero-order chi connectivity index (χ0) is 8.39. The lowest BCUT2D eigenvalue weighted by Crippen LogP contribution is -2.32. The third-order valence-corrected chi connectivity index (χ3v) is 3.26. The molecule has 0 amide bonds. The van der Waals surface area contributed by atoms with Crippen molar-refractivity contribution in [2.45, 2.75) is 38.1 Å². The van der Waals surface area contributed by atoms with E-state index in [1.807, 2.05) is 0 Å². The molecule has 0 spiro atoms. The van der Waals surface area contributed by atoms with Crippen LogP contribution < -0.4 is 0 Å². The number of hydrogen-bond acceptors (Lipinski definition) is 2. The minimum absolute atomic E-state index is 0.730. The van der Waals surface area contributed by atoms with E-state index in [1.165, 1.54) is 25.8 Å². The second kappa shape index (κ2) is 3.45. The van der Waals surface area contributed by atoms with E-state index in [0.29, 0.717) is 0 Å². The van der Waals surface area contributed by atoms with E-state index in [2.05, 4.69) is 11.0 Å². The van der Waals surface area contributed by atoms with Crippen LogP contribution in [0, 0.1) is 17.2 Å². The number of unbranched alkanes of at least 4 members (excludes halogenated alkanes) is 1. The van der Waals surface area contributed by atoms with Crippen molar-refractivity contribution in [2.75, 3.05) is 13.1 Å². The lowest BCUT2D eigenvalue weighted by Gasteiger charge is -2.26. The quantitative estimate of drug-likeness (QED) is 0.594. The van der Waals surface area contributed by atoms with Crippen LogP contribution in [0.3, 0.4) is 0 Å². The van der Waals surface area contributed by atoms with Crippen LogP contribution in [-0.4, -0.2) is 24.0 Å². The molecule has 2 bridgehead atoms. The van der Waals surface area contributed by atoms with Crippen molar-refractivity contribution in [3.8, 4) is 6.07 Å². The maximum absolute atomic E-state index is 8.40. The van der Waals surface area contributed by atoms with Crippen LogP contribution >= 0.6 is 0 Å². The number of fused-ring (bicyclic) bond motifs is 2. The van der Waals surface area contributed by atoms with Crippen LogP contribution in [0.15, 0.2) is 0 Å². The van der Waals surface area contributed by atoms with Gasteiger partial charge in [-0.25, -0.2) is 0 Å². The van der Waals surface area contributed by atoms with Gasteiger partial charge in [0, 0.05) is 19.0 Å². The summed E-state index contributed by atoms with van der Waals surface area (Å²) in [5, 5.41) is 8.40. The Kier molecular flexibility index (Phi) is 2.32. The van der Waals surface area contributed by atoms with Crippen LogP contribution in [0.25, 0.3) is 0 Å². The largest absolute Gasteiger partial charge is 0.300 e. The average molecular weight is 164 g/mol. The van der Waals surface area contributed by atoms with Crippen molar-refractivity contribution in [3.63, 3.8) is 0 Å². The van der Waals surface area contributed by atoms with Crippen molar-refractivity contribution in [1.29, 1.82) is 5.26 Å². The maximum atomic E-state index is 8.40. The number of hydrogen-bond donors (Lipinski definition) is 0. The molecular weight excluding hydrogens is 148 g/mol. The first kappa shape index (κ1) is 8.07. The Bertz CT molecular complexity index is 195. The summed E-state index contributed by atoms with van der Waals surface area (Å²) in [6.45, 7) is 2.48. The summed E-state index contributed by atoms with van der Waals surface area (Å²) >= 11 is 0. The molecule has 2 aliphatic rings. The fourth-order valence-corrected chi connectivity index (χ4v) is 2.66. The zero-order valence-corrected chi connectivity index (χ0v) is 7.50. The maximum Gasteiger partial charge on any atom is 0.0622 e. The van der Waals surface area contributed by atoms with Crippen LogP contribution in [0.4, 0.5) is 0 Å². The molecule has 0 radical (unpaired) electrons. The molecule has 2 nitrogen and oxygen atoms in total. The first-order valence-electron chi connectivity index (χ1n) is 5.01. The molecule has 2 rings (SSSR count). The van der Waals surface area contributed by atoms with Gasteiger partial charge in [0.15, 0.2) is 0 Å². The number of likely N-dealkylation sites (tertiary alicyclic amines) is 1. The molecule has 0 N–H and O–H groups in total. The summed E-state index contributed by atoms with van der Waals surface area (Å²) in [5.74, 6) is 0.997. The van der Waals surface area contributed by atoms with Gasteiger partial charge in [0.2, 0.25) is 0 Å². The van der Waals surface area contributed by atoms with E-state index < -0.39 is 0 Å². The predicted molar refractivity (Wildman–Crippen MR) is 47.5 cm³/mol. The van der Waals surface area contributed by atoms with Gasteiger partial charge in [-0.2, -0.15) is 5.26 Å². The highest BCUT2D eigenvalue weighted by molar-refractivity contribution is 4.92. The lowest BCUT2D eigenvalue weighted by molar-refractivity contribution is 0.212. The molecule has 0 aromatic rings. The SMILES string of the molecule is N#CCCCN1C[C@H]2CC[C@@H]1C2. The number of rotatable bonds is 3. The molecule has 66 valence electrons. The minimum atomic E-state index is 0.730. The van der Waals surface area contributed by atoms with Crippen LogP contribution in [0.1, 0.15) is 32.1 Å². The Labute approximate surface area is 74.2 Å². The Morgan fingerprint density at radius 2 is 2.33 bits per heavy atom. The first-order valence-corrected chi connectivity index (χ1v) is 5.01. The lowest BCUT2D eigenvalue weighted by atomic mass is 10.1. The summed E-state index contributed by atoms with van der Waals surface area (Å²) in [6, 6.07) is 3.09. The fraction of sp³-hybridized carbons (Fsp3) is 0.900. The first-order chi connectivity index (χ1) is 5.90. The predicted octanol–water partition coefficient (Wildman–Crippen LogP) is 1.77. The van der Waals surface area contributed by atoms with Gasteiger partial charge in [0.25, 0.3) is 0 Å². The molecule has 2 atom stereocenters. The van der Waals surface area contributed by atoms with Gasteiger partial charge in [-0.05, 0) is 38.1 Å². The second-order valence-electron chi connectivity index (χ2n) is 4.09. The third kappa shape index (κ3) is 1.47. The van der Waals surface area contributed by atoms with Gasteiger partial charge in [0.05, 0.1) is 6.07 Å². The molecule has 2 fully saturated rings. The summed E-state index contributed by atoms with van der Waals surface area (Å²) in [7, 11) is 0. The minimum Gasteiger partial charge on any atom is -0.300 e. The molecule has 2 heteroatoms. The molecule has 0 unspecified atom stereocenters. The number of nitrogens with zero attached hydrogens (tertiary/aromatic N) is 2. The van der Waals surface area contributed by atoms with Crippen molar-refractivity contribution in [1.82, 2.24) is 4.90 Å². The monoisotopic (exact) mass is 164 g/mol. The molecule has 1 aliphatic carbocycles. The summed E-state index contributed by atoms with van der Waals surface area (Å²) < 4.78 is 0. The topological polar surface area (TPSA) is 27.0 Å². The highest BCUT2D eigenvalue weighted by Gasteiger charge is 2.36. The molecule has 12 heavy (non-hydrogen) atoms. The van der Waals surface area contributed by atoms with Gasteiger partial charge >= 0.3 is 0 Å². The molecule has 1 saturated carbocycles. The molecule has 0 aromatic carbocycles. The van der Waals surface area contributed by atoms with Crippen molar-refractivity contribution in [3.05, 3.63) is 0 Å². The molecule has 1 saturated heterocycles. The summed E-state index contributed by atoms with van der Waals surface area (Å²) in [4.78, 5) is 2.59. The molecule has 1 heterocycles. The summed E-state index contributed by atoms with van der Waals surface area (Å²) in [6.07, 6.45) is 6.11. The van der Waals surface area contributed by atoms with Crippen LogP contribution in [0.5, 0.6) is 0 Å². The van der Waals surface area contributed by atoms with Crippen LogP contribution in [0.2, 0.25) is 0 Å². The van der Waals surface area contributed by atoms with Crippen molar-refractivity contribution < 1.29 is 0 Å². The number of piperidine rings is 1. The highest BCUT2D eigenvalue weighted by Crippen LogP contribution is 2.37. The Morgan fingerprint density at radius 1 is 1.42 bits per heavy atom. The molecular formula is C10H16N2. The van der Waals surface area contributed by atoms with Crippen molar-refractivity contribution in [2.24, 2.45) is 5.92 Å². The third-order valence-electron chi connectivity index (χ3n) is 3.26. The van der Waals surface area contributed by atoms with Gasteiger partial charge in [-0.15, -0.1) is 0 Å². The van der Waals surface area contributed by atoms with Crippen molar-refractivity contribution >= 4 is 0 Å². The Balaban J connectivity index is 1.73. The Hall–Kier alpha value is -0.550. The Morgan fingerprint density at radius 3 is 2.92 bits per heavy atom. The zero-order valence-electron chi connectivity index (χ0n) is 7.50. The van der Waals surface area contributed by atoms with E-state index in [1.54, 1.807) is 0 Å². The second-order valence-corrected chi connectivity index (χ2v) is 4.09. The van der Waals surface area contributed by atoms with E-state index in [9.17, 15) is 0 Å². The highest BCUT2D eigenvalue weighted by atomic mass is 15.2. The van der Waals surface area contributed by atoms with E-state index in [0.717, 1.165) is 31.3 Å². The van der Waals surface area contributed by atoms with Gasteiger partial charge in [-0.3, -0.25) is 0 Å². The smallest absolute Gasteiger partial charge is 0.0622 e. The standard InChI is InChI=1S/C10H16N2/c11-5-1-2-6-12-8-9-3-4-10(12)7-9/h9-10H,1-4,6-8H2/t9-,10+/m0/s1. The van der Waals surface area contributed by atoms with Gasteiger partial charge < -0.3 is 4.90 Å². The van der Waals surface area contributed by atoms with Crippen LogP contribution in [-0.2, 0) is 0 Å². The van der Waals surface area contributed by atoms with Gasteiger partial charge in [0.1, 0.15) is 0 Å². The van der Waals surface area contributed by atoms with E-state index >= 15 is 0 Å². The molecule has 1 aliphatic heterocycles. The van der Waals surface area contributed by atoms with E-state index in [4.69, 9.17) is 5.26 Å².